The van der Waals surface area contributed by atoms with Gasteiger partial charge in [0.1, 0.15) is 11.5 Å². The van der Waals surface area contributed by atoms with Gasteiger partial charge in [-0.15, -0.1) is 0 Å². The van der Waals surface area contributed by atoms with Gasteiger partial charge in [-0.1, -0.05) is 19.8 Å². The van der Waals surface area contributed by atoms with Crippen molar-refractivity contribution >= 4 is 27.1 Å². The number of halogens is 1. The molecule has 7 nitrogen and oxygen atoms in total. The molecule has 2 aromatic heterocycles. The standard InChI is InChI=1S/C23H27FN4O3S/c1-3-12-32(30,31)27-19-14-28-20(13-18(19)15-6-4-5-7-15)21(23(29)25-2)22(26-28)16-8-10-17(24)11-9-16/h8-11,13-15,27H,3-7,12H2,1-2H3,(H,25,29). The maximum absolute atomic E-state index is 13.5. The van der Waals surface area contributed by atoms with E-state index in [4.69, 9.17) is 0 Å². The van der Waals surface area contributed by atoms with E-state index in [1.165, 1.54) is 16.6 Å². The van der Waals surface area contributed by atoms with Gasteiger partial charge in [0.25, 0.3) is 5.91 Å². The molecule has 0 saturated heterocycles. The number of sulfonamides is 1. The number of rotatable bonds is 7. The Labute approximate surface area is 187 Å². The van der Waals surface area contributed by atoms with E-state index in [9.17, 15) is 17.6 Å². The van der Waals surface area contributed by atoms with Crippen molar-refractivity contribution in [3.8, 4) is 11.3 Å². The molecule has 170 valence electrons. The maximum Gasteiger partial charge on any atom is 0.255 e. The molecular weight excluding hydrogens is 431 g/mol. The van der Waals surface area contributed by atoms with Gasteiger partial charge >= 0.3 is 0 Å². The average Bonchev–Trinajstić information content (AvgIpc) is 3.40. The van der Waals surface area contributed by atoms with Crippen molar-refractivity contribution in [2.75, 3.05) is 17.5 Å². The zero-order chi connectivity index (χ0) is 22.9. The van der Waals surface area contributed by atoms with Gasteiger partial charge in [-0.3, -0.25) is 9.52 Å². The van der Waals surface area contributed by atoms with Crippen LogP contribution in [-0.2, 0) is 10.0 Å². The third kappa shape index (κ3) is 4.34. The van der Waals surface area contributed by atoms with Gasteiger partial charge in [-0.05, 0) is 61.1 Å². The minimum absolute atomic E-state index is 0.0264. The highest BCUT2D eigenvalue weighted by atomic mass is 32.2. The van der Waals surface area contributed by atoms with Crippen molar-refractivity contribution < 1.29 is 17.6 Å². The summed E-state index contributed by atoms with van der Waals surface area (Å²) in [5, 5.41) is 7.25. The minimum atomic E-state index is -3.50. The lowest BCUT2D eigenvalue weighted by atomic mass is 9.96. The summed E-state index contributed by atoms with van der Waals surface area (Å²) < 4.78 is 42.8. The summed E-state index contributed by atoms with van der Waals surface area (Å²) in [5.41, 5.74) is 3.35. The van der Waals surface area contributed by atoms with E-state index in [-0.39, 0.29) is 23.4 Å². The zero-order valence-corrected chi connectivity index (χ0v) is 19.0. The normalized spacial score (nSPS) is 14.7. The molecule has 0 radical (unpaired) electrons. The van der Waals surface area contributed by atoms with Gasteiger partial charge in [0.15, 0.2) is 0 Å². The quantitative estimate of drug-likeness (QED) is 0.552. The first kappa shape index (κ1) is 22.3. The molecule has 9 heteroatoms. The molecule has 1 aliphatic carbocycles. The van der Waals surface area contributed by atoms with Crippen LogP contribution >= 0.6 is 0 Å². The van der Waals surface area contributed by atoms with Crippen molar-refractivity contribution in [2.45, 2.75) is 44.9 Å². The van der Waals surface area contributed by atoms with Crippen LogP contribution in [0, 0.1) is 5.82 Å². The lowest BCUT2D eigenvalue weighted by Gasteiger charge is -2.17. The molecule has 1 saturated carbocycles. The van der Waals surface area contributed by atoms with E-state index in [2.05, 4.69) is 15.1 Å². The molecule has 1 aromatic carbocycles. The monoisotopic (exact) mass is 458 g/mol. The number of hydrogen-bond acceptors (Lipinski definition) is 4. The number of hydrogen-bond donors (Lipinski definition) is 2. The van der Waals surface area contributed by atoms with Crippen molar-refractivity contribution in [2.24, 2.45) is 0 Å². The molecule has 4 rings (SSSR count). The topological polar surface area (TPSA) is 92.6 Å². The Bertz CT molecular complexity index is 1250. The predicted molar refractivity (Wildman–Crippen MR) is 123 cm³/mol. The molecule has 2 N–H and O–H groups in total. The third-order valence-corrected chi connectivity index (χ3v) is 7.38. The fourth-order valence-electron chi connectivity index (χ4n) is 4.41. The lowest BCUT2D eigenvalue weighted by Crippen LogP contribution is -2.19. The maximum atomic E-state index is 13.5. The van der Waals surface area contributed by atoms with Crippen LogP contribution in [0.1, 0.15) is 60.9 Å². The molecule has 0 atom stereocenters. The molecule has 1 amide bonds. The Morgan fingerprint density at radius 1 is 1.22 bits per heavy atom. The SMILES string of the molecule is CCCS(=O)(=O)Nc1cn2nc(-c3ccc(F)cc3)c(C(=O)NC)c2cc1C1CCCC1. The van der Waals surface area contributed by atoms with Gasteiger partial charge in [-0.25, -0.2) is 17.3 Å². The average molecular weight is 459 g/mol. The summed E-state index contributed by atoms with van der Waals surface area (Å²) in [6, 6.07) is 7.67. The Morgan fingerprint density at radius 3 is 2.53 bits per heavy atom. The summed E-state index contributed by atoms with van der Waals surface area (Å²) in [6.45, 7) is 1.82. The number of benzene rings is 1. The fraction of sp³-hybridized carbons (Fsp3) is 0.391. The molecule has 3 aromatic rings. The van der Waals surface area contributed by atoms with Gasteiger partial charge in [0.05, 0.1) is 28.7 Å². The first-order valence-electron chi connectivity index (χ1n) is 10.9. The third-order valence-electron chi connectivity index (χ3n) is 5.91. The summed E-state index contributed by atoms with van der Waals surface area (Å²) in [7, 11) is -1.95. The second-order valence-electron chi connectivity index (χ2n) is 8.18. The molecule has 0 spiro atoms. The first-order chi connectivity index (χ1) is 15.3. The van der Waals surface area contributed by atoms with Crippen molar-refractivity contribution in [1.29, 1.82) is 0 Å². The van der Waals surface area contributed by atoms with Crippen molar-refractivity contribution in [1.82, 2.24) is 14.9 Å². The highest BCUT2D eigenvalue weighted by molar-refractivity contribution is 7.92. The molecule has 0 aliphatic heterocycles. The van der Waals surface area contributed by atoms with Crippen molar-refractivity contribution in [3.63, 3.8) is 0 Å². The van der Waals surface area contributed by atoms with E-state index >= 15 is 0 Å². The zero-order valence-electron chi connectivity index (χ0n) is 18.2. The summed E-state index contributed by atoms with van der Waals surface area (Å²) in [6.07, 6.45) is 6.25. The van der Waals surface area contributed by atoms with Crippen LogP contribution in [0.4, 0.5) is 10.1 Å². The smallest absolute Gasteiger partial charge is 0.255 e. The van der Waals surface area contributed by atoms with Gasteiger partial charge < -0.3 is 5.32 Å². The highest BCUT2D eigenvalue weighted by Crippen LogP contribution is 2.40. The van der Waals surface area contributed by atoms with Crippen LogP contribution < -0.4 is 10.0 Å². The number of aromatic nitrogens is 2. The van der Waals surface area contributed by atoms with Crippen LogP contribution in [0.25, 0.3) is 16.8 Å². The number of carbonyl (C=O) groups is 1. The first-order valence-corrected chi connectivity index (χ1v) is 12.5. The largest absolute Gasteiger partial charge is 0.355 e. The number of nitrogens with zero attached hydrogens (tertiary/aromatic N) is 2. The Kier molecular flexibility index (Phi) is 6.19. The number of carbonyl (C=O) groups excluding carboxylic acids is 1. The van der Waals surface area contributed by atoms with E-state index in [0.29, 0.717) is 34.4 Å². The fourth-order valence-corrected chi connectivity index (χ4v) is 5.56. The number of pyridine rings is 1. The lowest BCUT2D eigenvalue weighted by molar-refractivity contribution is 0.0965. The number of amides is 1. The highest BCUT2D eigenvalue weighted by Gasteiger charge is 2.26. The van der Waals surface area contributed by atoms with Gasteiger partial charge in [-0.2, -0.15) is 5.10 Å². The minimum Gasteiger partial charge on any atom is -0.355 e. The van der Waals surface area contributed by atoms with Gasteiger partial charge in [0, 0.05) is 12.6 Å². The van der Waals surface area contributed by atoms with Crippen LogP contribution in [0.2, 0.25) is 0 Å². The van der Waals surface area contributed by atoms with Crippen molar-refractivity contribution in [3.05, 3.63) is 53.5 Å². The van der Waals surface area contributed by atoms with E-state index < -0.39 is 10.0 Å². The van der Waals surface area contributed by atoms with Gasteiger partial charge in [0.2, 0.25) is 10.0 Å². The summed E-state index contributed by atoms with van der Waals surface area (Å²) in [4.78, 5) is 12.8. The second-order valence-corrected chi connectivity index (χ2v) is 10.0. The van der Waals surface area contributed by atoms with E-state index in [0.717, 1.165) is 31.2 Å². The van der Waals surface area contributed by atoms with E-state index in [1.54, 1.807) is 25.4 Å². The van der Waals surface area contributed by atoms with Crippen LogP contribution in [0.5, 0.6) is 0 Å². The molecule has 1 fully saturated rings. The van der Waals surface area contributed by atoms with Crippen LogP contribution in [-0.4, -0.2) is 36.7 Å². The summed E-state index contributed by atoms with van der Waals surface area (Å²) >= 11 is 0. The Balaban J connectivity index is 1.94. The van der Waals surface area contributed by atoms with Crippen LogP contribution in [0.15, 0.2) is 36.5 Å². The molecule has 0 bridgehead atoms. The predicted octanol–water partition coefficient (Wildman–Crippen LogP) is 4.31. The number of anilines is 1. The second kappa shape index (κ2) is 8.90. The number of nitrogens with one attached hydrogen (secondary N) is 2. The van der Waals surface area contributed by atoms with Crippen LogP contribution in [0.3, 0.4) is 0 Å². The van der Waals surface area contributed by atoms with E-state index in [1.807, 2.05) is 13.0 Å². The molecule has 2 heterocycles. The molecule has 32 heavy (non-hydrogen) atoms. The Hall–Kier alpha value is -2.94. The Morgan fingerprint density at radius 2 is 1.91 bits per heavy atom. The molecule has 0 unspecified atom stereocenters. The number of fused-ring (bicyclic) bond motifs is 1. The molecular formula is C23H27FN4O3S. The molecule has 1 aliphatic rings. The summed E-state index contributed by atoms with van der Waals surface area (Å²) in [5.74, 6) is -0.453.